The zero-order valence-electron chi connectivity index (χ0n) is 18.6. The molecule has 2 atom stereocenters. The van der Waals surface area contributed by atoms with E-state index in [2.05, 4.69) is 23.8 Å². The number of aryl methyl sites for hydroxylation is 2. The number of hydrogen-bond donors (Lipinski definition) is 0. The molecule has 3 rings (SSSR count). The SMILES string of the molecule is Cc1nn(C)c(C)c1[C@H]1CCCN1CC[C@H]1CCCN(C(=O)OC(C)(C)C)C1. The third-order valence-corrected chi connectivity index (χ3v) is 6.26. The van der Waals surface area contributed by atoms with Crippen LogP contribution in [0.15, 0.2) is 0 Å². The lowest BCUT2D eigenvalue weighted by Gasteiger charge is -2.35. The number of carbonyl (C=O) groups excluding carboxylic acids is 1. The minimum atomic E-state index is -0.424. The van der Waals surface area contributed by atoms with Crippen molar-refractivity contribution in [2.24, 2.45) is 13.0 Å². The normalized spacial score (nSPS) is 24.0. The maximum Gasteiger partial charge on any atom is 0.410 e. The smallest absolute Gasteiger partial charge is 0.410 e. The standard InChI is InChI=1S/C22H38N4O2/c1-16-20(17(2)24(6)23-16)19-10-8-12-25(19)14-11-18-9-7-13-26(15-18)21(27)28-22(3,4)5/h18-19H,7-15H2,1-6H3/t18-,19-/m1/s1. The van der Waals surface area contributed by atoms with Gasteiger partial charge in [-0.05, 0) is 85.7 Å². The Morgan fingerprint density at radius 2 is 1.89 bits per heavy atom. The van der Waals surface area contributed by atoms with Crippen LogP contribution in [0.3, 0.4) is 0 Å². The molecule has 6 heteroatoms. The molecule has 158 valence electrons. The molecule has 0 aromatic carbocycles. The lowest BCUT2D eigenvalue weighted by Crippen LogP contribution is -2.43. The molecule has 6 nitrogen and oxygen atoms in total. The van der Waals surface area contributed by atoms with Crippen molar-refractivity contribution in [2.75, 3.05) is 26.2 Å². The Labute approximate surface area is 170 Å². The van der Waals surface area contributed by atoms with Gasteiger partial charge < -0.3 is 9.64 Å². The van der Waals surface area contributed by atoms with Crippen LogP contribution in [0.4, 0.5) is 4.79 Å². The molecule has 0 N–H and O–H groups in total. The highest BCUT2D eigenvalue weighted by Crippen LogP contribution is 2.36. The van der Waals surface area contributed by atoms with Gasteiger partial charge in [0.15, 0.2) is 0 Å². The van der Waals surface area contributed by atoms with E-state index in [1.807, 2.05) is 37.4 Å². The molecule has 0 bridgehead atoms. The summed E-state index contributed by atoms with van der Waals surface area (Å²) >= 11 is 0. The van der Waals surface area contributed by atoms with Gasteiger partial charge in [-0.2, -0.15) is 5.10 Å². The Morgan fingerprint density at radius 3 is 2.54 bits per heavy atom. The monoisotopic (exact) mass is 390 g/mol. The fourth-order valence-electron chi connectivity index (χ4n) is 4.83. The van der Waals surface area contributed by atoms with Crippen molar-refractivity contribution >= 4 is 6.09 Å². The third kappa shape index (κ3) is 4.88. The first-order chi connectivity index (χ1) is 13.2. The first-order valence-electron chi connectivity index (χ1n) is 10.9. The number of rotatable bonds is 4. The second kappa shape index (κ2) is 8.44. The lowest BCUT2D eigenvalue weighted by atomic mass is 9.94. The van der Waals surface area contributed by atoms with Gasteiger partial charge in [0, 0.05) is 37.4 Å². The summed E-state index contributed by atoms with van der Waals surface area (Å²) < 4.78 is 7.59. The maximum atomic E-state index is 12.4. The summed E-state index contributed by atoms with van der Waals surface area (Å²) in [5.74, 6) is 0.568. The predicted molar refractivity (Wildman–Crippen MR) is 111 cm³/mol. The number of ether oxygens (including phenoxy) is 1. The molecular formula is C22H38N4O2. The van der Waals surface area contributed by atoms with Crippen LogP contribution in [0.1, 0.15) is 75.9 Å². The molecule has 1 aromatic heterocycles. The Bertz CT molecular complexity index is 691. The minimum absolute atomic E-state index is 0.155. The molecule has 0 unspecified atom stereocenters. The van der Waals surface area contributed by atoms with E-state index in [0.29, 0.717) is 12.0 Å². The first kappa shape index (κ1) is 21.2. The average Bonchev–Trinajstić information content (AvgIpc) is 3.16. The van der Waals surface area contributed by atoms with Gasteiger partial charge in [0.25, 0.3) is 0 Å². The summed E-state index contributed by atoms with van der Waals surface area (Å²) in [6, 6.07) is 0.499. The second-order valence-corrected chi connectivity index (χ2v) is 9.63. The van der Waals surface area contributed by atoms with Crippen LogP contribution in [-0.4, -0.2) is 57.5 Å². The number of likely N-dealkylation sites (tertiary alicyclic amines) is 2. The molecule has 2 aliphatic heterocycles. The van der Waals surface area contributed by atoms with Crippen LogP contribution in [0, 0.1) is 19.8 Å². The van der Waals surface area contributed by atoms with E-state index in [1.165, 1.54) is 42.8 Å². The van der Waals surface area contributed by atoms with Gasteiger partial charge in [0.1, 0.15) is 5.60 Å². The van der Waals surface area contributed by atoms with Crippen LogP contribution in [0.25, 0.3) is 0 Å². The molecule has 1 amide bonds. The van der Waals surface area contributed by atoms with Gasteiger partial charge in [0.05, 0.1) is 5.69 Å². The number of piperidine rings is 1. The van der Waals surface area contributed by atoms with E-state index in [1.54, 1.807) is 0 Å². The quantitative estimate of drug-likeness (QED) is 0.773. The van der Waals surface area contributed by atoms with Crippen molar-refractivity contribution in [2.45, 2.75) is 78.4 Å². The van der Waals surface area contributed by atoms with E-state index < -0.39 is 5.60 Å². The number of aromatic nitrogens is 2. The second-order valence-electron chi connectivity index (χ2n) is 9.63. The van der Waals surface area contributed by atoms with Crippen molar-refractivity contribution < 1.29 is 9.53 Å². The number of amides is 1. The molecule has 2 saturated heterocycles. The first-order valence-corrected chi connectivity index (χ1v) is 10.9. The van der Waals surface area contributed by atoms with E-state index >= 15 is 0 Å². The Balaban J connectivity index is 1.56. The fraction of sp³-hybridized carbons (Fsp3) is 0.818. The molecule has 2 fully saturated rings. The summed E-state index contributed by atoms with van der Waals surface area (Å²) in [6.45, 7) is 14.0. The molecule has 3 heterocycles. The van der Waals surface area contributed by atoms with Crippen LogP contribution in [0.2, 0.25) is 0 Å². The predicted octanol–water partition coefficient (Wildman–Crippen LogP) is 4.21. The van der Waals surface area contributed by atoms with Crippen molar-refractivity contribution in [1.29, 1.82) is 0 Å². The van der Waals surface area contributed by atoms with E-state index in [9.17, 15) is 4.79 Å². The van der Waals surface area contributed by atoms with Gasteiger partial charge >= 0.3 is 6.09 Å². The van der Waals surface area contributed by atoms with Gasteiger partial charge in [-0.3, -0.25) is 9.58 Å². The minimum Gasteiger partial charge on any atom is -0.444 e. The summed E-state index contributed by atoms with van der Waals surface area (Å²) in [5, 5.41) is 4.63. The van der Waals surface area contributed by atoms with Gasteiger partial charge in [0.2, 0.25) is 0 Å². The number of nitrogens with zero attached hydrogens (tertiary/aromatic N) is 4. The highest BCUT2D eigenvalue weighted by molar-refractivity contribution is 5.68. The Morgan fingerprint density at radius 1 is 1.18 bits per heavy atom. The summed E-state index contributed by atoms with van der Waals surface area (Å²) in [5.41, 5.74) is 3.47. The average molecular weight is 391 g/mol. The van der Waals surface area contributed by atoms with Crippen molar-refractivity contribution in [3.63, 3.8) is 0 Å². The van der Waals surface area contributed by atoms with E-state index in [4.69, 9.17) is 4.74 Å². The van der Waals surface area contributed by atoms with E-state index in [-0.39, 0.29) is 6.09 Å². The van der Waals surface area contributed by atoms with Crippen molar-refractivity contribution in [3.8, 4) is 0 Å². The highest BCUT2D eigenvalue weighted by atomic mass is 16.6. The molecule has 2 aliphatic rings. The number of carbonyl (C=O) groups is 1. The zero-order valence-corrected chi connectivity index (χ0v) is 18.6. The van der Waals surface area contributed by atoms with Crippen molar-refractivity contribution in [1.82, 2.24) is 19.6 Å². The molecular weight excluding hydrogens is 352 g/mol. The molecule has 28 heavy (non-hydrogen) atoms. The van der Waals surface area contributed by atoms with Crippen LogP contribution in [0.5, 0.6) is 0 Å². The molecule has 0 spiro atoms. The van der Waals surface area contributed by atoms with Crippen LogP contribution >= 0.6 is 0 Å². The molecule has 0 aliphatic carbocycles. The molecule has 1 aromatic rings. The third-order valence-electron chi connectivity index (χ3n) is 6.26. The summed E-state index contributed by atoms with van der Waals surface area (Å²) in [4.78, 5) is 17.0. The van der Waals surface area contributed by atoms with E-state index in [0.717, 1.165) is 32.5 Å². The Kier molecular flexibility index (Phi) is 6.37. The maximum absolute atomic E-state index is 12.4. The van der Waals surface area contributed by atoms with Crippen LogP contribution in [-0.2, 0) is 11.8 Å². The van der Waals surface area contributed by atoms with Gasteiger partial charge in [-0.15, -0.1) is 0 Å². The zero-order chi connectivity index (χ0) is 20.5. The van der Waals surface area contributed by atoms with Crippen molar-refractivity contribution in [3.05, 3.63) is 17.0 Å². The lowest BCUT2D eigenvalue weighted by molar-refractivity contribution is 0.0155. The largest absolute Gasteiger partial charge is 0.444 e. The number of hydrogen-bond acceptors (Lipinski definition) is 4. The van der Waals surface area contributed by atoms with Gasteiger partial charge in [-0.25, -0.2) is 4.79 Å². The van der Waals surface area contributed by atoms with Gasteiger partial charge in [-0.1, -0.05) is 0 Å². The summed E-state index contributed by atoms with van der Waals surface area (Å²) in [6.07, 6.45) is 5.76. The topological polar surface area (TPSA) is 50.6 Å². The highest BCUT2D eigenvalue weighted by Gasteiger charge is 2.32. The fourth-order valence-corrected chi connectivity index (χ4v) is 4.83. The molecule has 0 radical (unpaired) electrons. The Hall–Kier alpha value is -1.56. The summed E-state index contributed by atoms with van der Waals surface area (Å²) in [7, 11) is 2.04. The van der Waals surface area contributed by atoms with Crippen LogP contribution < -0.4 is 0 Å². The molecule has 0 saturated carbocycles.